The molecule has 1 heterocycles. The molecule has 0 unspecified atom stereocenters. The van der Waals surface area contributed by atoms with Crippen LogP contribution in [-0.4, -0.2) is 28.3 Å². The Bertz CT molecular complexity index is 971. The Balaban J connectivity index is 1.38. The minimum Gasteiger partial charge on any atom is -0.350 e. The van der Waals surface area contributed by atoms with Gasteiger partial charge in [0.05, 0.1) is 18.4 Å². The number of aromatic nitrogens is 2. The van der Waals surface area contributed by atoms with Gasteiger partial charge in [0.2, 0.25) is 5.91 Å². The molecule has 3 rings (SSSR count). The molecule has 150 valence electrons. The third-order valence-corrected chi connectivity index (χ3v) is 4.50. The van der Waals surface area contributed by atoms with Crippen LogP contribution in [0.3, 0.4) is 0 Å². The SMILES string of the molecule is O=C(CNC(=O)NCc1ccc(Cl)cc1)NCc1cnn(-c2ccc(Cl)cc2)c1. The Morgan fingerprint density at radius 1 is 0.828 bits per heavy atom. The zero-order valence-corrected chi connectivity index (χ0v) is 16.9. The summed E-state index contributed by atoms with van der Waals surface area (Å²) in [5.41, 5.74) is 2.61. The van der Waals surface area contributed by atoms with Crippen LogP contribution in [-0.2, 0) is 17.9 Å². The third-order valence-electron chi connectivity index (χ3n) is 3.99. The molecule has 3 N–H and O–H groups in total. The number of nitrogens with one attached hydrogen (secondary N) is 3. The lowest BCUT2D eigenvalue weighted by atomic mass is 10.2. The quantitative estimate of drug-likeness (QED) is 0.536. The fourth-order valence-electron chi connectivity index (χ4n) is 2.46. The van der Waals surface area contributed by atoms with Crippen LogP contribution in [0.15, 0.2) is 60.9 Å². The topological polar surface area (TPSA) is 88.1 Å². The second-order valence-corrected chi connectivity index (χ2v) is 7.08. The fraction of sp³-hybridized carbons (Fsp3) is 0.150. The van der Waals surface area contributed by atoms with E-state index in [4.69, 9.17) is 23.2 Å². The van der Waals surface area contributed by atoms with Crippen molar-refractivity contribution in [1.29, 1.82) is 0 Å². The van der Waals surface area contributed by atoms with Gasteiger partial charge in [0.15, 0.2) is 0 Å². The number of amides is 3. The zero-order chi connectivity index (χ0) is 20.6. The number of nitrogens with zero attached hydrogens (tertiary/aromatic N) is 2. The monoisotopic (exact) mass is 431 g/mol. The first-order valence-corrected chi connectivity index (χ1v) is 9.57. The predicted molar refractivity (Wildman–Crippen MR) is 112 cm³/mol. The standard InChI is InChI=1S/C20H19Cl2N5O2/c21-16-3-1-14(2-4-16)9-24-20(29)25-12-19(28)23-10-15-11-26-27(13-15)18-7-5-17(22)6-8-18/h1-8,11,13H,9-10,12H2,(H,23,28)(H2,24,25,29). The fourth-order valence-corrected chi connectivity index (χ4v) is 2.71. The highest BCUT2D eigenvalue weighted by Crippen LogP contribution is 2.13. The van der Waals surface area contributed by atoms with Gasteiger partial charge < -0.3 is 16.0 Å². The molecular formula is C20H19Cl2N5O2. The van der Waals surface area contributed by atoms with Gasteiger partial charge in [0, 0.05) is 34.9 Å². The number of carbonyl (C=O) groups is 2. The van der Waals surface area contributed by atoms with Crippen molar-refractivity contribution < 1.29 is 9.59 Å². The van der Waals surface area contributed by atoms with E-state index in [2.05, 4.69) is 21.0 Å². The summed E-state index contributed by atoms with van der Waals surface area (Å²) < 4.78 is 1.69. The van der Waals surface area contributed by atoms with Gasteiger partial charge in [-0.05, 0) is 42.0 Å². The van der Waals surface area contributed by atoms with Crippen LogP contribution >= 0.6 is 23.2 Å². The van der Waals surface area contributed by atoms with Crippen molar-refractivity contribution in [1.82, 2.24) is 25.7 Å². The molecule has 0 aliphatic carbocycles. The minimum atomic E-state index is -0.425. The molecule has 0 atom stereocenters. The van der Waals surface area contributed by atoms with Gasteiger partial charge in [-0.25, -0.2) is 9.48 Å². The van der Waals surface area contributed by atoms with Crippen molar-refractivity contribution in [2.24, 2.45) is 0 Å². The van der Waals surface area contributed by atoms with Gasteiger partial charge in [0.25, 0.3) is 0 Å². The number of rotatable bonds is 7. The molecule has 0 radical (unpaired) electrons. The van der Waals surface area contributed by atoms with E-state index >= 15 is 0 Å². The van der Waals surface area contributed by atoms with E-state index in [1.165, 1.54) is 0 Å². The van der Waals surface area contributed by atoms with E-state index in [1.807, 2.05) is 30.5 Å². The minimum absolute atomic E-state index is 0.127. The van der Waals surface area contributed by atoms with Gasteiger partial charge in [-0.3, -0.25) is 4.79 Å². The Morgan fingerprint density at radius 2 is 1.45 bits per heavy atom. The average molecular weight is 432 g/mol. The van der Waals surface area contributed by atoms with E-state index in [-0.39, 0.29) is 12.5 Å². The maximum Gasteiger partial charge on any atom is 0.315 e. The van der Waals surface area contributed by atoms with E-state index in [1.54, 1.807) is 35.1 Å². The number of benzene rings is 2. The van der Waals surface area contributed by atoms with E-state index in [0.717, 1.165) is 16.8 Å². The number of urea groups is 1. The number of hydrogen-bond acceptors (Lipinski definition) is 3. The molecule has 0 saturated carbocycles. The molecule has 0 fully saturated rings. The summed E-state index contributed by atoms with van der Waals surface area (Å²) in [5.74, 6) is -0.300. The molecule has 0 saturated heterocycles. The first-order chi connectivity index (χ1) is 14.0. The lowest BCUT2D eigenvalue weighted by molar-refractivity contribution is -0.120. The van der Waals surface area contributed by atoms with Crippen LogP contribution in [0.5, 0.6) is 0 Å². The van der Waals surface area contributed by atoms with Crippen LogP contribution in [0.1, 0.15) is 11.1 Å². The van der Waals surface area contributed by atoms with Crippen LogP contribution < -0.4 is 16.0 Å². The summed E-state index contributed by atoms with van der Waals surface area (Å²) in [6, 6.07) is 14.0. The first kappa shape index (κ1) is 20.7. The van der Waals surface area contributed by atoms with Gasteiger partial charge in [-0.15, -0.1) is 0 Å². The molecule has 0 aliphatic heterocycles. The molecule has 3 amide bonds. The number of halogens is 2. The number of carbonyl (C=O) groups excluding carboxylic acids is 2. The van der Waals surface area contributed by atoms with Crippen LogP contribution in [0.2, 0.25) is 10.0 Å². The maximum absolute atomic E-state index is 11.9. The van der Waals surface area contributed by atoms with Crippen molar-refractivity contribution in [2.75, 3.05) is 6.54 Å². The lowest BCUT2D eigenvalue weighted by Gasteiger charge is -2.08. The van der Waals surface area contributed by atoms with Crippen LogP contribution in [0, 0.1) is 0 Å². The smallest absolute Gasteiger partial charge is 0.315 e. The molecule has 0 aliphatic rings. The molecule has 0 bridgehead atoms. The molecule has 3 aromatic rings. The summed E-state index contributed by atoms with van der Waals surface area (Å²) >= 11 is 11.7. The molecule has 29 heavy (non-hydrogen) atoms. The normalized spacial score (nSPS) is 10.4. The van der Waals surface area contributed by atoms with Gasteiger partial charge >= 0.3 is 6.03 Å². The summed E-state index contributed by atoms with van der Waals surface area (Å²) in [7, 11) is 0. The second kappa shape index (κ2) is 9.95. The Hall–Kier alpha value is -3.03. The van der Waals surface area contributed by atoms with Crippen molar-refractivity contribution >= 4 is 35.1 Å². The molecule has 7 nitrogen and oxygen atoms in total. The van der Waals surface area contributed by atoms with E-state index in [9.17, 15) is 9.59 Å². The van der Waals surface area contributed by atoms with Crippen molar-refractivity contribution in [3.63, 3.8) is 0 Å². The highest BCUT2D eigenvalue weighted by atomic mass is 35.5. The largest absolute Gasteiger partial charge is 0.350 e. The molecule has 0 spiro atoms. The maximum atomic E-state index is 11.9. The van der Waals surface area contributed by atoms with E-state index in [0.29, 0.717) is 23.1 Å². The molecule has 1 aromatic heterocycles. The second-order valence-electron chi connectivity index (χ2n) is 6.21. The first-order valence-electron chi connectivity index (χ1n) is 8.82. The zero-order valence-electron chi connectivity index (χ0n) is 15.4. The molecule has 2 aromatic carbocycles. The third kappa shape index (κ3) is 6.51. The van der Waals surface area contributed by atoms with Crippen LogP contribution in [0.25, 0.3) is 5.69 Å². The Kier molecular flexibility index (Phi) is 7.10. The average Bonchev–Trinajstić information content (AvgIpc) is 3.20. The predicted octanol–water partition coefficient (Wildman–Crippen LogP) is 3.29. The Morgan fingerprint density at radius 3 is 2.14 bits per heavy atom. The summed E-state index contributed by atoms with van der Waals surface area (Å²) in [6.45, 7) is 0.521. The molecule has 9 heteroatoms. The van der Waals surface area contributed by atoms with Gasteiger partial charge in [0.1, 0.15) is 0 Å². The summed E-state index contributed by atoms with van der Waals surface area (Å²) in [4.78, 5) is 23.7. The Labute approximate surface area is 178 Å². The van der Waals surface area contributed by atoms with Crippen molar-refractivity contribution in [2.45, 2.75) is 13.1 Å². The highest BCUT2D eigenvalue weighted by molar-refractivity contribution is 6.30. The summed E-state index contributed by atoms with van der Waals surface area (Å²) in [6.07, 6.45) is 3.48. The lowest BCUT2D eigenvalue weighted by Crippen LogP contribution is -2.41. The van der Waals surface area contributed by atoms with Gasteiger partial charge in [-0.2, -0.15) is 5.10 Å². The van der Waals surface area contributed by atoms with Crippen LogP contribution in [0.4, 0.5) is 4.79 Å². The van der Waals surface area contributed by atoms with Crippen molar-refractivity contribution in [3.05, 3.63) is 82.1 Å². The van der Waals surface area contributed by atoms with E-state index < -0.39 is 6.03 Å². The van der Waals surface area contributed by atoms with Crippen molar-refractivity contribution in [3.8, 4) is 5.69 Å². The molecular weight excluding hydrogens is 413 g/mol. The summed E-state index contributed by atoms with van der Waals surface area (Å²) in [5, 5.41) is 13.5. The highest BCUT2D eigenvalue weighted by Gasteiger charge is 2.07. The van der Waals surface area contributed by atoms with Gasteiger partial charge in [-0.1, -0.05) is 35.3 Å². The number of hydrogen-bond donors (Lipinski definition) is 3.